The molecule has 0 aromatic carbocycles. The van der Waals surface area contributed by atoms with Crippen molar-refractivity contribution in [3.05, 3.63) is 27.8 Å². The number of amides is 1. The van der Waals surface area contributed by atoms with Crippen molar-refractivity contribution in [2.45, 2.75) is 72.1 Å². The number of unbranched alkanes of at least 4 members (excludes halogenated alkanes) is 6. The largest absolute Gasteiger partial charge is 0.507 e. The van der Waals surface area contributed by atoms with Crippen LogP contribution >= 0.6 is 0 Å². The van der Waals surface area contributed by atoms with Crippen molar-refractivity contribution in [1.29, 1.82) is 0 Å². The number of nitrogens with one attached hydrogen (secondary N) is 1. The van der Waals surface area contributed by atoms with Crippen molar-refractivity contribution in [1.82, 2.24) is 5.43 Å². The van der Waals surface area contributed by atoms with Crippen LogP contribution in [0.2, 0.25) is 0 Å². The summed E-state index contributed by atoms with van der Waals surface area (Å²) in [6.07, 6.45) is 8.38. The average Bonchev–Trinajstić information content (AvgIpc) is 2.51. The fraction of sp³-hybridized carbons (Fsp3) is 0.611. The summed E-state index contributed by atoms with van der Waals surface area (Å²) in [5, 5.41) is 13.7. The Morgan fingerprint density at radius 1 is 1.21 bits per heavy atom. The van der Waals surface area contributed by atoms with Crippen LogP contribution in [0.4, 0.5) is 0 Å². The molecule has 0 aliphatic rings. The zero-order chi connectivity index (χ0) is 17.9. The summed E-state index contributed by atoms with van der Waals surface area (Å²) in [4.78, 5) is 23.5. The molecule has 0 fully saturated rings. The van der Waals surface area contributed by atoms with Gasteiger partial charge in [0.1, 0.15) is 17.1 Å². The molecule has 6 nitrogen and oxygen atoms in total. The van der Waals surface area contributed by atoms with Gasteiger partial charge in [-0.25, -0.2) is 10.2 Å². The molecule has 1 amide bonds. The van der Waals surface area contributed by atoms with E-state index in [4.69, 9.17) is 4.42 Å². The van der Waals surface area contributed by atoms with Crippen LogP contribution in [0, 0.1) is 6.92 Å². The minimum atomic E-state index is -0.671. The highest BCUT2D eigenvalue weighted by Gasteiger charge is 2.13. The van der Waals surface area contributed by atoms with Gasteiger partial charge in [0.2, 0.25) is 5.91 Å². The normalized spacial score (nSPS) is 11.5. The third kappa shape index (κ3) is 6.98. The van der Waals surface area contributed by atoms with Crippen LogP contribution in [-0.4, -0.2) is 16.7 Å². The van der Waals surface area contributed by atoms with Gasteiger partial charge in [-0.05, 0) is 20.3 Å². The lowest BCUT2D eigenvalue weighted by Gasteiger charge is -2.05. The maximum Gasteiger partial charge on any atom is 0.348 e. The molecule has 1 rings (SSSR count). The molecule has 0 atom stereocenters. The Balaban J connectivity index is 2.40. The molecule has 0 aliphatic heterocycles. The van der Waals surface area contributed by atoms with Crippen molar-refractivity contribution in [3.63, 3.8) is 0 Å². The monoisotopic (exact) mass is 336 g/mol. The van der Waals surface area contributed by atoms with Gasteiger partial charge in [0, 0.05) is 12.5 Å². The Kier molecular flexibility index (Phi) is 8.83. The van der Waals surface area contributed by atoms with E-state index >= 15 is 0 Å². The number of nitrogens with zero attached hydrogens (tertiary/aromatic N) is 1. The smallest absolute Gasteiger partial charge is 0.348 e. The predicted octanol–water partition coefficient (Wildman–Crippen LogP) is 3.63. The Hall–Kier alpha value is -2.11. The van der Waals surface area contributed by atoms with E-state index < -0.39 is 5.63 Å². The molecule has 0 spiro atoms. The van der Waals surface area contributed by atoms with E-state index in [-0.39, 0.29) is 22.9 Å². The molecule has 0 aliphatic carbocycles. The molecule has 1 heterocycles. The Morgan fingerprint density at radius 2 is 1.83 bits per heavy atom. The summed E-state index contributed by atoms with van der Waals surface area (Å²) in [6, 6.07) is 1.34. The van der Waals surface area contributed by atoms with Crippen LogP contribution in [0.1, 0.15) is 76.5 Å². The fourth-order valence-corrected chi connectivity index (χ4v) is 2.43. The Morgan fingerprint density at radius 3 is 2.46 bits per heavy atom. The van der Waals surface area contributed by atoms with Crippen LogP contribution in [-0.2, 0) is 4.79 Å². The first kappa shape index (κ1) is 19.9. The number of aryl methyl sites for hydroxylation is 1. The molecule has 24 heavy (non-hydrogen) atoms. The highest BCUT2D eigenvalue weighted by Crippen LogP contribution is 2.15. The second-order valence-corrected chi connectivity index (χ2v) is 6.01. The van der Waals surface area contributed by atoms with E-state index in [0.29, 0.717) is 12.2 Å². The number of hydrogen-bond acceptors (Lipinski definition) is 5. The van der Waals surface area contributed by atoms with Gasteiger partial charge in [0.25, 0.3) is 0 Å². The van der Waals surface area contributed by atoms with Crippen LogP contribution in [0.3, 0.4) is 0 Å². The average molecular weight is 336 g/mol. The molecular weight excluding hydrogens is 308 g/mol. The molecule has 2 N–H and O–H groups in total. The lowest BCUT2D eigenvalue weighted by molar-refractivity contribution is -0.121. The molecule has 6 heteroatoms. The first-order valence-corrected chi connectivity index (χ1v) is 8.63. The maximum absolute atomic E-state index is 11.8. The zero-order valence-corrected chi connectivity index (χ0v) is 14.9. The van der Waals surface area contributed by atoms with Gasteiger partial charge in [0.05, 0.1) is 5.71 Å². The summed E-state index contributed by atoms with van der Waals surface area (Å²) >= 11 is 0. The van der Waals surface area contributed by atoms with Gasteiger partial charge in [-0.15, -0.1) is 0 Å². The molecule has 0 bridgehead atoms. The van der Waals surface area contributed by atoms with E-state index in [9.17, 15) is 14.7 Å². The highest BCUT2D eigenvalue weighted by molar-refractivity contribution is 6.01. The summed E-state index contributed by atoms with van der Waals surface area (Å²) in [5.41, 5.74) is 1.93. The number of aromatic hydroxyl groups is 1. The van der Waals surface area contributed by atoms with E-state index in [2.05, 4.69) is 17.5 Å². The lowest BCUT2D eigenvalue weighted by Crippen LogP contribution is -2.21. The van der Waals surface area contributed by atoms with Gasteiger partial charge in [-0.1, -0.05) is 45.4 Å². The highest BCUT2D eigenvalue weighted by atomic mass is 16.4. The van der Waals surface area contributed by atoms with Crippen molar-refractivity contribution in [3.8, 4) is 5.75 Å². The van der Waals surface area contributed by atoms with Gasteiger partial charge < -0.3 is 9.52 Å². The van der Waals surface area contributed by atoms with Gasteiger partial charge in [-0.3, -0.25) is 4.79 Å². The van der Waals surface area contributed by atoms with Gasteiger partial charge >= 0.3 is 5.63 Å². The molecule has 0 unspecified atom stereocenters. The fourth-order valence-electron chi connectivity index (χ4n) is 2.43. The third-order valence-electron chi connectivity index (χ3n) is 3.77. The molecule has 0 radical (unpaired) electrons. The van der Waals surface area contributed by atoms with Crippen molar-refractivity contribution >= 4 is 11.6 Å². The lowest BCUT2D eigenvalue weighted by atomic mass is 10.1. The van der Waals surface area contributed by atoms with Crippen molar-refractivity contribution in [2.75, 3.05) is 0 Å². The third-order valence-corrected chi connectivity index (χ3v) is 3.77. The molecule has 0 saturated carbocycles. The molecule has 0 saturated heterocycles. The topological polar surface area (TPSA) is 91.9 Å². The minimum absolute atomic E-state index is 0.0307. The Labute approximate surface area is 143 Å². The SMILES string of the molecule is CCCCCCCCCC(=O)N/N=C(\C)c1c(O)cc(C)oc1=O. The van der Waals surface area contributed by atoms with E-state index in [1.165, 1.54) is 38.7 Å². The van der Waals surface area contributed by atoms with Gasteiger partial charge in [0.15, 0.2) is 0 Å². The summed E-state index contributed by atoms with van der Waals surface area (Å²) in [6.45, 7) is 5.30. The van der Waals surface area contributed by atoms with Gasteiger partial charge in [-0.2, -0.15) is 5.10 Å². The van der Waals surface area contributed by atoms with Crippen LogP contribution in [0.15, 0.2) is 20.4 Å². The quantitative estimate of drug-likeness (QED) is 0.388. The number of rotatable bonds is 10. The maximum atomic E-state index is 11.8. The standard InChI is InChI=1S/C18H28N2O4/c1-4-5-6-7-8-9-10-11-16(22)20-19-14(3)17-15(21)12-13(2)24-18(17)23/h12,21H,4-11H2,1-3H3,(H,20,22)/b19-14+. The zero-order valence-electron chi connectivity index (χ0n) is 14.9. The van der Waals surface area contributed by atoms with E-state index in [0.717, 1.165) is 19.3 Å². The van der Waals surface area contributed by atoms with Crippen LogP contribution in [0.25, 0.3) is 0 Å². The number of carbonyl (C=O) groups is 1. The second kappa shape index (κ2) is 10.6. The molecular formula is C18H28N2O4. The van der Waals surface area contributed by atoms with Crippen molar-refractivity contribution < 1.29 is 14.3 Å². The first-order valence-electron chi connectivity index (χ1n) is 8.63. The Bertz CT molecular complexity index is 620. The van der Waals surface area contributed by atoms with Crippen LogP contribution in [0.5, 0.6) is 5.75 Å². The first-order chi connectivity index (χ1) is 11.5. The second-order valence-electron chi connectivity index (χ2n) is 6.01. The number of carbonyl (C=O) groups excluding carboxylic acids is 1. The minimum Gasteiger partial charge on any atom is -0.507 e. The summed E-state index contributed by atoms with van der Waals surface area (Å²) < 4.78 is 4.93. The van der Waals surface area contributed by atoms with E-state index in [1.54, 1.807) is 6.92 Å². The van der Waals surface area contributed by atoms with Crippen LogP contribution < -0.4 is 11.1 Å². The van der Waals surface area contributed by atoms with Crippen molar-refractivity contribution in [2.24, 2.45) is 5.10 Å². The summed E-state index contributed by atoms with van der Waals surface area (Å²) in [5.74, 6) is -0.0813. The molecule has 1 aromatic rings. The number of hydrazone groups is 1. The van der Waals surface area contributed by atoms with E-state index in [1.807, 2.05) is 0 Å². The number of hydrogen-bond donors (Lipinski definition) is 2. The molecule has 1 aromatic heterocycles. The molecule has 134 valence electrons. The predicted molar refractivity (Wildman–Crippen MR) is 94.3 cm³/mol. The summed E-state index contributed by atoms with van der Waals surface area (Å²) in [7, 11) is 0.